The van der Waals surface area contributed by atoms with Crippen molar-refractivity contribution in [2.75, 3.05) is 13.7 Å². The average Bonchev–Trinajstić information content (AvgIpc) is 1.89. The Morgan fingerprint density at radius 1 is 1.70 bits per heavy atom. The van der Waals surface area contributed by atoms with E-state index in [2.05, 4.69) is 4.74 Å². The van der Waals surface area contributed by atoms with Crippen LogP contribution < -0.4 is 0 Å². The van der Waals surface area contributed by atoms with Gasteiger partial charge in [0, 0.05) is 0 Å². The molecule has 0 spiro atoms. The number of hydrogen-bond acceptors (Lipinski definition) is 4. The molecule has 0 amide bonds. The summed E-state index contributed by atoms with van der Waals surface area (Å²) in [5.74, 6) is 0. The second kappa shape index (κ2) is 8.19. The second-order valence-corrected chi connectivity index (χ2v) is 1.50. The summed E-state index contributed by atoms with van der Waals surface area (Å²) in [6.45, 7) is 1.39. The van der Waals surface area contributed by atoms with E-state index in [1.807, 2.05) is 0 Å². The summed E-state index contributed by atoms with van der Waals surface area (Å²) in [5, 5.41) is 23.5. The van der Waals surface area contributed by atoms with Crippen LogP contribution in [0.5, 0.6) is 0 Å². The van der Waals surface area contributed by atoms with Crippen LogP contribution in [0.4, 0.5) is 4.79 Å². The maximum Gasteiger partial charge on any atom is 0.505 e. The van der Waals surface area contributed by atoms with Crippen molar-refractivity contribution >= 4 is 6.16 Å². The van der Waals surface area contributed by atoms with Gasteiger partial charge in [-0.2, -0.15) is 0 Å². The Labute approximate surface area is 58.9 Å². The van der Waals surface area contributed by atoms with Crippen molar-refractivity contribution in [1.82, 2.24) is 0 Å². The molecule has 1 atom stereocenters. The first-order valence-corrected chi connectivity index (χ1v) is 2.60. The predicted octanol–water partition coefficient (Wildman–Crippen LogP) is -0.330. The highest BCUT2D eigenvalue weighted by atomic mass is 16.6. The number of rotatable bonds is 1. The molecule has 62 valence electrons. The van der Waals surface area contributed by atoms with E-state index in [0.29, 0.717) is 0 Å². The average molecular weight is 152 g/mol. The summed E-state index contributed by atoms with van der Waals surface area (Å²) < 4.78 is 3.67. The number of aliphatic hydroxyl groups is 2. The van der Waals surface area contributed by atoms with Crippen LogP contribution in [0.15, 0.2) is 0 Å². The smallest absolute Gasteiger partial charge is 0.450 e. The zero-order valence-electron chi connectivity index (χ0n) is 5.94. The van der Waals surface area contributed by atoms with Gasteiger partial charge in [-0.15, -0.1) is 0 Å². The van der Waals surface area contributed by atoms with Gasteiger partial charge in [0.1, 0.15) is 0 Å². The molecular formula is C5H12O5. The highest BCUT2D eigenvalue weighted by Crippen LogP contribution is 1.68. The molecule has 0 heterocycles. The number of aliphatic hydroxyl groups excluding tert-OH is 2. The zero-order chi connectivity index (χ0) is 8.57. The minimum absolute atomic E-state index is 0.139. The molecule has 0 saturated heterocycles. The van der Waals surface area contributed by atoms with Crippen LogP contribution in [0.25, 0.3) is 0 Å². The van der Waals surface area contributed by atoms with Gasteiger partial charge in [-0.05, 0) is 6.92 Å². The van der Waals surface area contributed by atoms with Gasteiger partial charge in [-0.1, -0.05) is 0 Å². The molecular weight excluding hydrogens is 140 g/mol. The predicted molar refractivity (Wildman–Crippen MR) is 33.8 cm³/mol. The second-order valence-electron chi connectivity index (χ2n) is 1.50. The third kappa shape index (κ3) is 27.1. The lowest BCUT2D eigenvalue weighted by Gasteiger charge is -1.90. The van der Waals surface area contributed by atoms with Crippen LogP contribution in [0.1, 0.15) is 6.92 Å². The summed E-state index contributed by atoms with van der Waals surface area (Å²) in [6.07, 6.45) is -1.81. The molecule has 1 unspecified atom stereocenters. The Kier molecular flexibility index (Phi) is 9.77. The van der Waals surface area contributed by atoms with E-state index in [-0.39, 0.29) is 6.61 Å². The molecule has 0 aliphatic carbocycles. The van der Waals surface area contributed by atoms with E-state index in [4.69, 9.17) is 20.1 Å². The van der Waals surface area contributed by atoms with Gasteiger partial charge in [-0.25, -0.2) is 4.79 Å². The van der Waals surface area contributed by atoms with Crippen molar-refractivity contribution < 1.29 is 24.9 Å². The number of hydrogen-bond donors (Lipinski definition) is 3. The van der Waals surface area contributed by atoms with Crippen LogP contribution in [0.2, 0.25) is 0 Å². The van der Waals surface area contributed by atoms with E-state index < -0.39 is 12.3 Å². The van der Waals surface area contributed by atoms with Crippen LogP contribution >= 0.6 is 0 Å². The Bertz CT molecular complexity index is 80.1. The van der Waals surface area contributed by atoms with Crippen LogP contribution in [-0.2, 0) is 4.74 Å². The largest absolute Gasteiger partial charge is 0.505 e. The fourth-order valence-corrected chi connectivity index (χ4v) is 0. The minimum Gasteiger partial charge on any atom is -0.450 e. The summed E-state index contributed by atoms with van der Waals surface area (Å²) in [4.78, 5) is 9.15. The van der Waals surface area contributed by atoms with Crippen LogP contribution in [0, 0.1) is 0 Å². The maximum absolute atomic E-state index is 9.15. The number of methoxy groups -OCH3 is 1. The van der Waals surface area contributed by atoms with Crippen molar-refractivity contribution in [1.29, 1.82) is 0 Å². The van der Waals surface area contributed by atoms with E-state index in [0.717, 1.165) is 7.11 Å². The summed E-state index contributed by atoms with van der Waals surface area (Å²) in [5.41, 5.74) is 0. The molecule has 0 saturated carbocycles. The minimum atomic E-state index is -1.25. The standard InChI is InChI=1S/C3H8O2.C2H4O3/c1-3(5)2-4;1-5-2(3)4/h3-5H,2H2,1H3;1H3,(H,3,4). The Morgan fingerprint density at radius 2 is 1.90 bits per heavy atom. The third-order valence-corrected chi connectivity index (χ3v) is 0.439. The number of carboxylic acid groups (broad SMARTS) is 1. The van der Waals surface area contributed by atoms with Gasteiger partial charge in [0.2, 0.25) is 0 Å². The number of carbonyl (C=O) groups is 1. The van der Waals surface area contributed by atoms with Crippen molar-refractivity contribution in [2.45, 2.75) is 13.0 Å². The third-order valence-electron chi connectivity index (χ3n) is 0.439. The van der Waals surface area contributed by atoms with E-state index in [1.165, 1.54) is 6.92 Å². The molecule has 3 N–H and O–H groups in total. The van der Waals surface area contributed by atoms with Crippen molar-refractivity contribution in [2.24, 2.45) is 0 Å². The summed E-state index contributed by atoms with van der Waals surface area (Å²) >= 11 is 0. The molecule has 0 bridgehead atoms. The van der Waals surface area contributed by atoms with Crippen molar-refractivity contribution in [3.05, 3.63) is 0 Å². The molecule has 0 fully saturated rings. The fraction of sp³-hybridized carbons (Fsp3) is 0.800. The first-order chi connectivity index (χ1) is 4.54. The van der Waals surface area contributed by atoms with Gasteiger partial charge in [0.25, 0.3) is 0 Å². The molecule has 0 aromatic rings. The van der Waals surface area contributed by atoms with Crippen LogP contribution in [0.3, 0.4) is 0 Å². The summed E-state index contributed by atoms with van der Waals surface area (Å²) in [6, 6.07) is 0. The molecule has 0 aliphatic heterocycles. The first-order valence-electron chi connectivity index (χ1n) is 2.60. The van der Waals surface area contributed by atoms with Gasteiger partial charge in [0.05, 0.1) is 19.8 Å². The maximum atomic E-state index is 9.15. The van der Waals surface area contributed by atoms with Crippen molar-refractivity contribution in [3.63, 3.8) is 0 Å². The molecule has 5 heteroatoms. The molecule has 0 radical (unpaired) electrons. The van der Waals surface area contributed by atoms with E-state index in [1.54, 1.807) is 0 Å². The molecule has 0 aromatic heterocycles. The quantitative estimate of drug-likeness (QED) is 0.448. The lowest BCUT2D eigenvalue weighted by Crippen LogP contribution is -2.03. The van der Waals surface area contributed by atoms with Gasteiger partial charge in [0.15, 0.2) is 0 Å². The Hall–Kier alpha value is -0.810. The Morgan fingerprint density at radius 3 is 1.90 bits per heavy atom. The lowest BCUT2D eigenvalue weighted by atomic mass is 10.5. The van der Waals surface area contributed by atoms with Gasteiger partial charge >= 0.3 is 6.16 Å². The fourth-order valence-electron chi connectivity index (χ4n) is 0. The zero-order valence-corrected chi connectivity index (χ0v) is 5.94. The molecule has 5 nitrogen and oxygen atoms in total. The van der Waals surface area contributed by atoms with Crippen LogP contribution in [-0.4, -0.2) is 41.3 Å². The molecule has 0 rings (SSSR count). The highest BCUT2D eigenvalue weighted by molar-refractivity contribution is 5.56. The van der Waals surface area contributed by atoms with Gasteiger partial charge < -0.3 is 20.1 Å². The van der Waals surface area contributed by atoms with Gasteiger partial charge in [-0.3, -0.25) is 0 Å². The normalized spacial score (nSPS) is 10.8. The SMILES string of the molecule is CC(O)CO.COC(=O)O. The topological polar surface area (TPSA) is 87.0 Å². The molecule has 0 aromatic carbocycles. The van der Waals surface area contributed by atoms with Crippen molar-refractivity contribution in [3.8, 4) is 0 Å². The lowest BCUT2D eigenvalue weighted by molar-refractivity contribution is 0.110. The summed E-state index contributed by atoms with van der Waals surface area (Å²) in [7, 11) is 1.10. The Balaban J connectivity index is 0. The molecule has 10 heavy (non-hydrogen) atoms. The monoisotopic (exact) mass is 152 g/mol. The molecule has 0 aliphatic rings. The first kappa shape index (κ1) is 11.9. The van der Waals surface area contributed by atoms with E-state index >= 15 is 0 Å². The highest BCUT2D eigenvalue weighted by Gasteiger charge is 1.83. The van der Waals surface area contributed by atoms with E-state index in [9.17, 15) is 0 Å². The number of ether oxygens (including phenoxy) is 1.